The van der Waals surface area contributed by atoms with E-state index in [0.29, 0.717) is 12.0 Å². The van der Waals surface area contributed by atoms with E-state index in [1.54, 1.807) is 0 Å². The molecule has 0 aromatic heterocycles. The topological polar surface area (TPSA) is 35.5 Å². The summed E-state index contributed by atoms with van der Waals surface area (Å²) in [5.74, 6) is 0.626. The first-order valence-electron chi connectivity index (χ1n) is 7.80. The second-order valence-corrected chi connectivity index (χ2v) is 6.38. The molecule has 1 aliphatic rings. The van der Waals surface area contributed by atoms with Gasteiger partial charge in [-0.1, -0.05) is 44.2 Å². The number of hydrogen-bond donors (Lipinski definition) is 2. The van der Waals surface area contributed by atoms with E-state index in [-0.39, 0.29) is 12.6 Å². The lowest BCUT2D eigenvalue weighted by molar-refractivity contribution is 0.211. The summed E-state index contributed by atoms with van der Waals surface area (Å²) in [7, 11) is 0. The van der Waals surface area contributed by atoms with Crippen LogP contribution in [0.2, 0.25) is 0 Å². The molecule has 0 radical (unpaired) electrons. The van der Waals surface area contributed by atoms with E-state index in [2.05, 4.69) is 54.4 Å². The standard InChI is InChI=1S/C17H28N2O/c1-14(2)10-17(13-20)18-16-8-9-19(12-16)11-15-6-4-3-5-7-15/h3-7,14,16-18,20H,8-13H2,1-2H3. The molecule has 0 aliphatic carbocycles. The molecule has 20 heavy (non-hydrogen) atoms. The number of benzene rings is 1. The Hall–Kier alpha value is -0.900. The molecule has 2 rings (SSSR count). The van der Waals surface area contributed by atoms with Gasteiger partial charge in [-0.15, -0.1) is 0 Å². The molecule has 1 aliphatic heterocycles. The van der Waals surface area contributed by atoms with E-state index in [0.717, 1.165) is 26.1 Å². The van der Waals surface area contributed by atoms with E-state index in [9.17, 15) is 5.11 Å². The molecular weight excluding hydrogens is 248 g/mol. The van der Waals surface area contributed by atoms with Crippen molar-refractivity contribution in [1.82, 2.24) is 10.2 Å². The molecule has 1 heterocycles. The fourth-order valence-corrected chi connectivity index (χ4v) is 3.05. The number of rotatable bonds is 7. The monoisotopic (exact) mass is 276 g/mol. The van der Waals surface area contributed by atoms with Crippen LogP contribution in [-0.2, 0) is 6.54 Å². The third-order valence-corrected chi connectivity index (χ3v) is 3.97. The van der Waals surface area contributed by atoms with Crippen molar-refractivity contribution in [3.8, 4) is 0 Å². The largest absolute Gasteiger partial charge is 0.395 e. The van der Waals surface area contributed by atoms with Crippen LogP contribution in [0.15, 0.2) is 30.3 Å². The first kappa shape index (κ1) is 15.5. The summed E-state index contributed by atoms with van der Waals surface area (Å²) in [5.41, 5.74) is 1.38. The third kappa shape index (κ3) is 4.89. The molecular formula is C17H28N2O. The van der Waals surface area contributed by atoms with Gasteiger partial charge in [0.15, 0.2) is 0 Å². The quantitative estimate of drug-likeness (QED) is 0.802. The van der Waals surface area contributed by atoms with Gasteiger partial charge in [-0.05, 0) is 24.3 Å². The smallest absolute Gasteiger partial charge is 0.0584 e. The van der Waals surface area contributed by atoms with Crippen molar-refractivity contribution >= 4 is 0 Å². The molecule has 112 valence electrons. The Balaban J connectivity index is 1.77. The molecule has 1 saturated heterocycles. The van der Waals surface area contributed by atoms with Gasteiger partial charge in [0.1, 0.15) is 0 Å². The molecule has 0 spiro atoms. The SMILES string of the molecule is CC(C)CC(CO)NC1CCN(Cc2ccccc2)C1. The fraction of sp³-hybridized carbons (Fsp3) is 0.647. The van der Waals surface area contributed by atoms with Gasteiger partial charge in [-0.25, -0.2) is 0 Å². The summed E-state index contributed by atoms with van der Waals surface area (Å²) in [5, 5.41) is 13.1. The lowest BCUT2D eigenvalue weighted by Gasteiger charge is -2.23. The van der Waals surface area contributed by atoms with Crippen LogP contribution in [0, 0.1) is 5.92 Å². The number of likely N-dealkylation sites (tertiary alicyclic amines) is 1. The maximum absolute atomic E-state index is 9.46. The highest BCUT2D eigenvalue weighted by Gasteiger charge is 2.24. The van der Waals surface area contributed by atoms with Crippen molar-refractivity contribution in [2.45, 2.75) is 45.3 Å². The number of aliphatic hydroxyl groups is 1. The Morgan fingerprint density at radius 2 is 2.05 bits per heavy atom. The Morgan fingerprint density at radius 3 is 2.70 bits per heavy atom. The van der Waals surface area contributed by atoms with Crippen molar-refractivity contribution in [3.05, 3.63) is 35.9 Å². The average Bonchev–Trinajstić information content (AvgIpc) is 2.86. The normalized spacial score (nSPS) is 21.5. The van der Waals surface area contributed by atoms with Crippen LogP contribution < -0.4 is 5.32 Å². The maximum atomic E-state index is 9.46. The van der Waals surface area contributed by atoms with Gasteiger partial charge in [0.2, 0.25) is 0 Å². The van der Waals surface area contributed by atoms with Crippen LogP contribution in [-0.4, -0.2) is 41.8 Å². The Kier molecular flexibility index (Phi) is 6.02. The number of nitrogens with one attached hydrogen (secondary N) is 1. The predicted octanol–water partition coefficient (Wildman–Crippen LogP) is 2.26. The highest BCUT2D eigenvalue weighted by atomic mass is 16.3. The zero-order chi connectivity index (χ0) is 14.4. The van der Waals surface area contributed by atoms with Gasteiger partial charge in [0.25, 0.3) is 0 Å². The summed E-state index contributed by atoms with van der Waals surface area (Å²) in [6.07, 6.45) is 2.23. The van der Waals surface area contributed by atoms with Crippen molar-refractivity contribution in [1.29, 1.82) is 0 Å². The zero-order valence-electron chi connectivity index (χ0n) is 12.8. The highest BCUT2D eigenvalue weighted by Crippen LogP contribution is 2.15. The molecule has 1 fully saturated rings. The molecule has 3 heteroatoms. The molecule has 3 nitrogen and oxygen atoms in total. The average molecular weight is 276 g/mol. The van der Waals surface area contributed by atoms with Crippen LogP contribution in [0.4, 0.5) is 0 Å². The van der Waals surface area contributed by atoms with E-state index >= 15 is 0 Å². The Morgan fingerprint density at radius 1 is 1.30 bits per heavy atom. The summed E-state index contributed by atoms with van der Waals surface area (Å²) in [6.45, 7) is 7.93. The molecule has 2 unspecified atom stereocenters. The van der Waals surface area contributed by atoms with Gasteiger partial charge >= 0.3 is 0 Å². The second-order valence-electron chi connectivity index (χ2n) is 6.38. The van der Waals surface area contributed by atoms with Crippen molar-refractivity contribution in [2.75, 3.05) is 19.7 Å². The van der Waals surface area contributed by atoms with Crippen molar-refractivity contribution in [3.63, 3.8) is 0 Å². The zero-order valence-corrected chi connectivity index (χ0v) is 12.8. The Bertz CT molecular complexity index is 380. The van der Waals surface area contributed by atoms with Crippen LogP contribution in [0.1, 0.15) is 32.3 Å². The molecule has 0 bridgehead atoms. The number of aliphatic hydroxyl groups excluding tert-OH is 1. The maximum Gasteiger partial charge on any atom is 0.0584 e. The summed E-state index contributed by atoms with van der Waals surface area (Å²) in [4.78, 5) is 2.50. The van der Waals surface area contributed by atoms with Crippen molar-refractivity contribution in [2.24, 2.45) is 5.92 Å². The second kappa shape index (κ2) is 7.77. The van der Waals surface area contributed by atoms with Crippen LogP contribution in [0.3, 0.4) is 0 Å². The van der Waals surface area contributed by atoms with E-state index in [1.807, 2.05) is 0 Å². The first-order valence-corrected chi connectivity index (χ1v) is 7.80. The first-order chi connectivity index (χ1) is 9.67. The van der Waals surface area contributed by atoms with Gasteiger partial charge in [-0.3, -0.25) is 4.90 Å². The molecule has 1 aromatic carbocycles. The lowest BCUT2D eigenvalue weighted by Crippen LogP contribution is -2.42. The molecule has 2 atom stereocenters. The highest BCUT2D eigenvalue weighted by molar-refractivity contribution is 5.14. The molecule has 1 aromatic rings. The summed E-state index contributed by atoms with van der Waals surface area (Å²) in [6, 6.07) is 11.4. The fourth-order valence-electron chi connectivity index (χ4n) is 3.05. The minimum absolute atomic E-state index is 0.243. The van der Waals surface area contributed by atoms with Gasteiger partial charge < -0.3 is 10.4 Å². The van der Waals surface area contributed by atoms with E-state index < -0.39 is 0 Å². The third-order valence-electron chi connectivity index (χ3n) is 3.97. The molecule has 0 saturated carbocycles. The minimum Gasteiger partial charge on any atom is -0.395 e. The summed E-state index contributed by atoms with van der Waals surface area (Å²) >= 11 is 0. The predicted molar refractivity (Wildman–Crippen MR) is 83.6 cm³/mol. The van der Waals surface area contributed by atoms with Crippen LogP contribution in [0.5, 0.6) is 0 Å². The van der Waals surface area contributed by atoms with Gasteiger partial charge in [-0.2, -0.15) is 0 Å². The molecule has 0 amide bonds. The lowest BCUT2D eigenvalue weighted by atomic mass is 10.0. The van der Waals surface area contributed by atoms with Crippen LogP contribution >= 0.6 is 0 Å². The van der Waals surface area contributed by atoms with Crippen LogP contribution in [0.25, 0.3) is 0 Å². The van der Waals surface area contributed by atoms with E-state index in [1.165, 1.54) is 12.0 Å². The molecule has 2 N–H and O–H groups in total. The summed E-state index contributed by atoms with van der Waals surface area (Å²) < 4.78 is 0. The number of hydrogen-bond acceptors (Lipinski definition) is 3. The van der Waals surface area contributed by atoms with Gasteiger partial charge in [0.05, 0.1) is 6.61 Å². The minimum atomic E-state index is 0.243. The van der Waals surface area contributed by atoms with Crippen molar-refractivity contribution < 1.29 is 5.11 Å². The number of nitrogens with zero attached hydrogens (tertiary/aromatic N) is 1. The van der Waals surface area contributed by atoms with E-state index in [4.69, 9.17) is 0 Å². The van der Waals surface area contributed by atoms with Gasteiger partial charge in [0, 0.05) is 31.7 Å². The Labute approximate surface area is 123 Å².